The first-order chi connectivity index (χ1) is 37.2. The van der Waals surface area contributed by atoms with Gasteiger partial charge in [-0.05, 0) is 124 Å². The molecule has 0 aliphatic heterocycles. The summed E-state index contributed by atoms with van der Waals surface area (Å²) >= 11 is 0. The highest BCUT2D eigenvalue weighted by Crippen LogP contribution is 2.56. The third-order valence-electron chi connectivity index (χ3n) is 16.8. The monoisotopic (exact) mass is 987 g/mol. The summed E-state index contributed by atoms with van der Waals surface area (Å²) in [5, 5.41) is 2.55. The average Bonchev–Trinajstić information content (AvgIpc) is 3.94. The van der Waals surface area contributed by atoms with Gasteiger partial charge in [0.15, 0.2) is 0 Å². The van der Waals surface area contributed by atoms with Gasteiger partial charge in [0.2, 0.25) is 0 Å². The molecule has 1 aromatic heterocycles. The van der Waals surface area contributed by atoms with Crippen LogP contribution >= 0.6 is 0 Å². The molecule has 2 nitrogen and oxygen atoms in total. The molecule has 0 spiro atoms. The highest BCUT2D eigenvalue weighted by Gasteiger charge is 2.42. The van der Waals surface area contributed by atoms with Crippen molar-refractivity contribution in [2.45, 2.75) is 161 Å². The zero-order valence-corrected chi connectivity index (χ0v) is 45.4. The number of hydrogen-bond donors (Lipinski definition) is 0. The van der Waals surface area contributed by atoms with Crippen LogP contribution in [-0.2, 0) is 5.41 Å². The lowest BCUT2D eigenvalue weighted by atomic mass is 9.70. The lowest BCUT2D eigenvalue weighted by Crippen LogP contribution is -2.26. The van der Waals surface area contributed by atoms with Gasteiger partial charge in [-0.15, -0.1) is 0 Å². The maximum Gasteiger partial charge on any atom is 0.0541 e. The van der Waals surface area contributed by atoms with E-state index in [0.717, 1.165) is 0 Å². The number of nitrogens with zero attached hydrogens (tertiary/aromatic N) is 2. The van der Waals surface area contributed by atoms with Crippen molar-refractivity contribution in [3.8, 4) is 39.1 Å². The second-order valence-corrected chi connectivity index (χ2v) is 21.9. The average molecular weight is 987 g/mol. The van der Waals surface area contributed by atoms with Crippen LogP contribution in [0.5, 0.6) is 0 Å². The minimum atomic E-state index is -0.00276. The Morgan fingerprint density at radius 3 is 1.36 bits per heavy atom. The number of hydrogen-bond acceptors (Lipinski definition) is 1. The Balaban J connectivity index is 0.982. The van der Waals surface area contributed by atoms with Crippen molar-refractivity contribution in [3.05, 3.63) is 205 Å². The van der Waals surface area contributed by atoms with E-state index in [0.29, 0.717) is 0 Å². The molecule has 10 rings (SSSR count). The summed E-state index contributed by atoms with van der Waals surface area (Å²) < 4.78 is 2.40. The summed E-state index contributed by atoms with van der Waals surface area (Å²) in [5.41, 5.74) is 18.1. The third kappa shape index (κ3) is 11.9. The fourth-order valence-electron chi connectivity index (χ4n) is 12.8. The van der Waals surface area contributed by atoms with E-state index in [1.807, 2.05) is 0 Å². The Morgan fingerprint density at radius 1 is 0.320 bits per heavy atom. The number of aromatic nitrogens is 1. The lowest BCUT2D eigenvalue weighted by molar-refractivity contribution is 0.397. The molecule has 1 heterocycles. The molecule has 0 bridgehead atoms. The fraction of sp³-hybridized carbons (Fsp3) is 0.342. The first-order valence-corrected chi connectivity index (χ1v) is 29.6. The van der Waals surface area contributed by atoms with Crippen LogP contribution in [0.25, 0.3) is 60.9 Å². The highest BCUT2D eigenvalue weighted by molar-refractivity contribution is 6.10. The number of benzene rings is 8. The summed E-state index contributed by atoms with van der Waals surface area (Å²) in [6.07, 6.45) is 29.7. The predicted octanol–water partition coefficient (Wildman–Crippen LogP) is 22.5. The zero-order chi connectivity index (χ0) is 51.1. The van der Waals surface area contributed by atoms with Gasteiger partial charge in [-0.1, -0.05) is 270 Å². The van der Waals surface area contributed by atoms with E-state index < -0.39 is 0 Å². The Kier molecular flexibility index (Phi) is 17.8. The van der Waals surface area contributed by atoms with Crippen molar-refractivity contribution in [1.29, 1.82) is 0 Å². The van der Waals surface area contributed by atoms with Gasteiger partial charge in [0.1, 0.15) is 0 Å². The number of fused-ring (bicyclic) bond motifs is 6. The van der Waals surface area contributed by atoms with Crippen molar-refractivity contribution in [2.75, 3.05) is 4.90 Å². The van der Waals surface area contributed by atoms with Crippen LogP contribution in [0, 0.1) is 0 Å². The zero-order valence-electron chi connectivity index (χ0n) is 45.4. The van der Waals surface area contributed by atoms with Crippen molar-refractivity contribution in [1.82, 2.24) is 4.57 Å². The molecule has 0 unspecified atom stereocenters. The molecule has 0 N–H and O–H groups in total. The third-order valence-corrected chi connectivity index (χ3v) is 16.8. The summed E-state index contributed by atoms with van der Waals surface area (Å²) in [5.74, 6) is 0. The van der Waals surface area contributed by atoms with E-state index in [1.54, 1.807) is 11.1 Å². The van der Waals surface area contributed by atoms with E-state index in [9.17, 15) is 0 Å². The largest absolute Gasteiger partial charge is 0.310 e. The maximum atomic E-state index is 2.62. The van der Waals surface area contributed by atoms with Crippen LogP contribution in [-0.4, -0.2) is 4.57 Å². The maximum absolute atomic E-state index is 2.62. The molecule has 0 atom stereocenters. The Labute approximate surface area is 450 Å². The molecule has 0 saturated heterocycles. The van der Waals surface area contributed by atoms with Gasteiger partial charge in [0.05, 0.1) is 11.0 Å². The summed E-state index contributed by atoms with van der Waals surface area (Å²) in [6, 6.07) is 73.0. The number of para-hydroxylation sites is 2. The molecule has 9 aromatic rings. The predicted molar refractivity (Wildman–Crippen MR) is 325 cm³/mol. The molecule has 384 valence electrons. The van der Waals surface area contributed by atoms with E-state index in [2.05, 4.69) is 217 Å². The fourth-order valence-corrected chi connectivity index (χ4v) is 12.8. The topological polar surface area (TPSA) is 8.17 Å². The van der Waals surface area contributed by atoms with Gasteiger partial charge in [-0.3, -0.25) is 0 Å². The minimum absolute atomic E-state index is 0.00276. The van der Waals surface area contributed by atoms with Gasteiger partial charge < -0.3 is 9.47 Å². The number of unbranched alkanes of at least 4 members (excludes halogenated alkanes) is 18. The second-order valence-electron chi connectivity index (χ2n) is 21.9. The first kappa shape index (κ1) is 51.8. The highest BCUT2D eigenvalue weighted by atomic mass is 15.1. The molecular weight excluding hydrogens is 905 g/mol. The molecule has 75 heavy (non-hydrogen) atoms. The Bertz CT molecular complexity index is 3150. The van der Waals surface area contributed by atoms with Crippen molar-refractivity contribution in [3.63, 3.8) is 0 Å². The van der Waals surface area contributed by atoms with Gasteiger partial charge in [-0.25, -0.2) is 0 Å². The van der Waals surface area contributed by atoms with Crippen LogP contribution in [0.4, 0.5) is 17.1 Å². The molecular formula is C73H82N2. The molecule has 0 saturated carbocycles. The van der Waals surface area contributed by atoms with E-state index in [-0.39, 0.29) is 5.41 Å². The van der Waals surface area contributed by atoms with Crippen LogP contribution in [0.2, 0.25) is 0 Å². The normalized spacial score (nSPS) is 12.6. The molecule has 1 aliphatic rings. The van der Waals surface area contributed by atoms with Gasteiger partial charge in [-0.2, -0.15) is 0 Å². The molecule has 2 heteroatoms. The van der Waals surface area contributed by atoms with Crippen molar-refractivity contribution < 1.29 is 0 Å². The quantitative estimate of drug-likeness (QED) is 0.0444. The van der Waals surface area contributed by atoms with Crippen LogP contribution in [0.1, 0.15) is 166 Å². The van der Waals surface area contributed by atoms with Gasteiger partial charge in [0, 0.05) is 38.9 Å². The molecule has 0 amide bonds. The van der Waals surface area contributed by atoms with Crippen LogP contribution in [0.15, 0.2) is 194 Å². The molecule has 1 aliphatic carbocycles. The second kappa shape index (κ2) is 25.7. The smallest absolute Gasteiger partial charge is 0.0541 e. The Morgan fingerprint density at radius 2 is 0.760 bits per heavy atom. The molecule has 8 aromatic carbocycles. The van der Waals surface area contributed by atoms with Gasteiger partial charge >= 0.3 is 0 Å². The first-order valence-electron chi connectivity index (χ1n) is 29.6. The summed E-state index contributed by atoms with van der Waals surface area (Å²) in [7, 11) is 0. The van der Waals surface area contributed by atoms with Crippen LogP contribution in [0.3, 0.4) is 0 Å². The minimum Gasteiger partial charge on any atom is -0.310 e. The Hall–Kier alpha value is -6.64. The van der Waals surface area contributed by atoms with Crippen LogP contribution < -0.4 is 4.90 Å². The number of rotatable bonds is 28. The lowest BCUT2D eigenvalue weighted by Gasteiger charge is -2.34. The summed E-state index contributed by atoms with van der Waals surface area (Å²) in [4.78, 5) is 2.52. The van der Waals surface area contributed by atoms with Gasteiger partial charge in [0.25, 0.3) is 0 Å². The van der Waals surface area contributed by atoms with Crippen molar-refractivity contribution >= 4 is 38.9 Å². The van der Waals surface area contributed by atoms with E-state index in [1.165, 1.54) is 219 Å². The molecule has 0 fully saturated rings. The van der Waals surface area contributed by atoms with E-state index >= 15 is 0 Å². The SMILES string of the molecule is CCCCCCCCCCCCC1(CCCCCCCCCCCC)c2ccccc2-c2ccc(N(c3ccc(-c4ccccc4)cc3)c3ccc(-c4ccc5c(c4)c4ccccc4n5-c4ccccc4)cc3)cc21. The number of anilines is 3. The summed E-state index contributed by atoms with van der Waals surface area (Å²) in [6.45, 7) is 4.64. The van der Waals surface area contributed by atoms with Crippen molar-refractivity contribution in [2.24, 2.45) is 0 Å². The molecule has 0 radical (unpaired) electrons. The standard InChI is InChI=1S/C73H82N2/c1-3-5-7-9-11-13-15-17-19-31-53-73(54-32-20-18-16-14-12-10-8-6-4-2)69-39-29-27-37-65(69)66-51-50-64(56-70(66)73)74(62-46-41-58(42-47-62)57-33-23-21-24-34-57)63-48-43-59(44-49-63)60-45-52-72-68(55-60)67-38-28-30-40-71(67)75(72)61-35-25-22-26-36-61/h21-30,33-52,55-56H,3-20,31-32,53-54H2,1-2H3. The van der Waals surface area contributed by atoms with E-state index in [4.69, 9.17) is 0 Å².